The van der Waals surface area contributed by atoms with E-state index in [1.54, 1.807) is 24.3 Å². The number of hydrogen-bond acceptors (Lipinski definition) is 6. The number of halogens is 4. The molecule has 4 aromatic rings. The number of benzene rings is 2. The third kappa shape index (κ3) is 5.99. The monoisotopic (exact) mass is 484 g/mol. The number of carbonyl (C=O) groups is 1. The Morgan fingerprint density at radius 2 is 1.57 bits per heavy atom. The minimum atomic E-state index is -4.53. The Hall–Kier alpha value is -4.74. The van der Waals surface area contributed by atoms with Crippen molar-refractivity contribution >= 4 is 23.2 Å². The Morgan fingerprint density at radius 3 is 2.26 bits per heavy atom. The third-order valence-electron chi connectivity index (χ3n) is 4.59. The van der Waals surface area contributed by atoms with Crippen LogP contribution in [0.1, 0.15) is 5.56 Å². The molecule has 4 rings (SSSR count). The minimum absolute atomic E-state index is 0.0199. The summed E-state index contributed by atoms with van der Waals surface area (Å²) in [5, 5.41) is 4.72. The Kier molecular flexibility index (Phi) is 6.44. The van der Waals surface area contributed by atoms with Crippen LogP contribution in [0.3, 0.4) is 0 Å². The lowest BCUT2D eigenvalue weighted by molar-refractivity contribution is -0.137. The summed E-state index contributed by atoms with van der Waals surface area (Å²) in [6.45, 7) is 0. The van der Waals surface area contributed by atoms with Gasteiger partial charge in [0.2, 0.25) is 0 Å². The minimum Gasteiger partial charge on any atom is -0.424 e. The highest BCUT2D eigenvalue weighted by atomic mass is 19.4. The summed E-state index contributed by atoms with van der Waals surface area (Å²) in [5.74, 6) is 0.0587. The largest absolute Gasteiger partial charge is 0.424 e. The van der Waals surface area contributed by atoms with E-state index in [0.29, 0.717) is 16.9 Å². The zero-order valence-corrected chi connectivity index (χ0v) is 17.7. The molecule has 0 aliphatic carbocycles. The molecular formula is C23H16F4N6O2. The lowest BCUT2D eigenvalue weighted by Crippen LogP contribution is -2.20. The summed E-state index contributed by atoms with van der Waals surface area (Å²) in [6.07, 6.45) is -0.966. The van der Waals surface area contributed by atoms with E-state index in [4.69, 9.17) is 10.5 Å². The Morgan fingerprint density at radius 1 is 0.886 bits per heavy atom. The lowest BCUT2D eigenvalue weighted by Gasteiger charge is -2.11. The van der Waals surface area contributed by atoms with Crippen molar-refractivity contribution < 1.29 is 27.1 Å². The maximum atomic E-state index is 13.4. The molecule has 12 heteroatoms. The van der Waals surface area contributed by atoms with Gasteiger partial charge in [0.15, 0.2) is 0 Å². The van der Waals surface area contributed by atoms with Crippen molar-refractivity contribution in [1.29, 1.82) is 0 Å². The van der Waals surface area contributed by atoms with Crippen molar-refractivity contribution in [2.24, 2.45) is 0 Å². The van der Waals surface area contributed by atoms with Crippen molar-refractivity contribution in [3.8, 4) is 22.9 Å². The van der Waals surface area contributed by atoms with E-state index in [-0.39, 0.29) is 23.2 Å². The van der Waals surface area contributed by atoms with Crippen LogP contribution in [0.15, 0.2) is 73.2 Å². The van der Waals surface area contributed by atoms with Gasteiger partial charge in [0, 0.05) is 11.3 Å². The molecule has 0 fully saturated rings. The molecule has 0 saturated heterocycles. The van der Waals surface area contributed by atoms with Crippen molar-refractivity contribution in [3.05, 3.63) is 84.6 Å². The van der Waals surface area contributed by atoms with Crippen molar-refractivity contribution in [2.75, 3.05) is 16.4 Å². The van der Waals surface area contributed by atoms with E-state index >= 15 is 0 Å². The second-order valence-electron chi connectivity index (χ2n) is 7.12. The molecule has 0 spiro atoms. The first-order valence-corrected chi connectivity index (χ1v) is 9.94. The number of aromatic nitrogens is 3. The highest BCUT2D eigenvalue weighted by molar-refractivity contribution is 5.99. The first-order valence-electron chi connectivity index (χ1n) is 9.94. The number of nitrogens with zero attached hydrogens (tertiary/aromatic N) is 3. The smallest absolute Gasteiger partial charge is 0.416 e. The summed E-state index contributed by atoms with van der Waals surface area (Å²) < 4.78 is 57.4. The van der Waals surface area contributed by atoms with Crippen LogP contribution >= 0.6 is 0 Å². The lowest BCUT2D eigenvalue weighted by atomic mass is 10.1. The first kappa shape index (κ1) is 23.4. The van der Waals surface area contributed by atoms with E-state index in [1.807, 2.05) is 0 Å². The number of pyridine rings is 1. The van der Waals surface area contributed by atoms with Crippen LogP contribution in [0.5, 0.6) is 11.8 Å². The standard InChI is InChI=1S/C23H16F4N6O2/c24-15-9-19(20(28)29-10-15)13-4-6-18(7-5-13)35-22-30-11-17(12-31-22)33-21(34)32-16-3-1-2-14(8-16)23(25,26)27/h1-12H,(H2,28,29)(H2,32,33,34). The van der Waals surface area contributed by atoms with E-state index < -0.39 is 23.6 Å². The Bertz CT molecular complexity index is 1350. The maximum absolute atomic E-state index is 13.4. The molecular weight excluding hydrogens is 468 g/mol. The van der Waals surface area contributed by atoms with Gasteiger partial charge in [-0.05, 0) is 42.0 Å². The predicted molar refractivity (Wildman–Crippen MR) is 120 cm³/mol. The van der Waals surface area contributed by atoms with Crippen LogP contribution in [-0.2, 0) is 6.18 Å². The van der Waals surface area contributed by atoms with Crippen molar-refractivity contribution in [2.45, 2.75) is 6.18 Å². The SMILES string of the molecule is Nc1ncc(F)cc1-c1ccc(Oc2ncc(NC(=O)Nc3cccc(C(F)(F)F)c3)cn2)cc1. The van der Waals surface area contributed by atoms with Crippen molar-refractivity contribution in [3.63, 3.8) is 0 Å². The molecule has 2 heterocycles. The van der Waals surface area contributed by atoms with Gasteiger partial charge >= 0.3 is 18.2 Å². The number of nitrogen functional groups attached to an aromatic ring is 1. The highest BCUT2D eigenvalue weighted by Crippen LogP contribution is 2.31. The van der Waals surface area contributed by atoms with Crippen LogP contribution in [0.4, 0.5) is 39.5 Å². The van der Waals surface area contributed by atoms with Gasteiger partial charge in [-0.2, -0.15) is 13.2 Å². The topological polar surface area (TPSA) is 115 Å². The number of nitrogens with one attached hydrogen (secondary N) is 2. The highest BCUT2D eigenvalue weighted by Gasteiger charge is 2.30. The van der Waals surface area contributed by atoms with Gasteiger partial charge in [-0.1, -0.05) is 18.2 Å². The molecule has 4 N–H and O–H groups in total. The van der Waals surface area contributed by atoms with Gasteiger partial charge in [0.05, 0.1) is 29.8 Å². The second kappa shape index (κ2) is 9.63. The normalized spacial score (nSPS) is 11.1. The number of hydrogen-bond donors (Lipinski definition) is 3. The molecule has 0 aliphatic heterocycles. The molecule has 178 valence electrons. The molecule has 35 heavy (non-hydrogen) atoms. The van der Waals surface area contributed by atoms with E-state index in [0.717, 1.165) is 18.3 Å². The van der Waals surface area contributed by atoms with Crippen LogP contribution in [0.25, 0.3) is 11.1 Å². The Balaban J connectivity index is 1.36. The molecule has 0 atom stereocenters. The average molecular weight is 484 g/mol. The zero-order chi connectivity index (χ0) is 25.0. The number of rotatable bonds is 5. The van der Waals surface area contributed by atoms with Gasteiger partial charge in [0.25, 0.3) is 0 Å². The number of anilines is 3. The van der Waals surface area contributed by atoms with Crippen LogP contribution in [-0.4, -0.2) is 21.0 Å². The molecule has 0 bridgehead atoms. The molecule has 8 nitrogen and oxygen atoms in total. The molecule has 0 aliphatic rings. The third-order valence-corrected chi connectivity index (χ3v) is 4.59. The number of carbonyl (C=O) groups excluding carboxylic acids is 1. The fourth-order valence-corrected chi connectivity index (χ4v) is 2.99. The number of nitrogens with two attached hydrogens (primary N) is 1. The molecule has 0 unspecified atom stereocenters. The quantitative estimate of drug-likeness (QED) is 0.312. The van der Waals surface area contributed by atoms with E-state index in [1.165, 1.54) is 30.6 Å². The zero-order valence-electron chi connectivity index (χ0n) is 17.7. The molecule has 2 aromatic carbocycles. The summed E-state index contributed by atoms with van der Waals surface area (Å²) in [5.41, 5.74) is 6.13. The summed E-state index contributed by atoms with van der Waals surface area (Å²) in [7, 11) is 0. The fourth-order valence-electron chi connectivity index (χ4n) is 2.99. The van der Waals surface area contributed by atoms with Gasteiger partial charge in [0.1, 0.15) is 17.4 Å². The van der Waals surface area contributed by atoms with E-state index in [9.17, 15) is 22.4 Å². The summed E-state index contributed by atoms with van der Waals surface area (Å²) >= 11 is 0. The van der Waals surface area contributed by atoms with Gasteiger partial charge in [-0.25, -0.2) is 24.1 Å². The van der Waals surface area contributed by atoms with Crippen molar-refractivity contribution in [1.82, 2.24) is 15.0 Å². The second-order valence-corrected chi connectivity index (χ2v) is 7.12. The summed E-state index contributed by atoms with van der Waals surface area (Å²) in [4.78, 5) is 23.8. The number of ether oxygens (including phenoxy) is 1. The van der Waals surface area contributed by atoms with Gasteiger partial charge in [-0.3, -0.25) is 0 Å². The first-order chi connectivity index (χ1) is 16.7. The molecule has 0 saturated carbocycles. The number of amides is 2. The number of urea groups is 1. The van der Waals surface area contributed by atoms with Crippen LogP contribution in [0, 0.1) is 5.82 Å². The predicted octanol–water partition coefficient (Wildman–Crippen LogP) is 5.72. The molecule has 2 aromatic heterocycles. The fraction of sp³-hybridized carbons (Fsp3) is 0.0435. The van der Waals surface area contributed by atoms with Crippen LogP contribution < -0.4 is 21.1 Å². The van der Waals surface area contributed by atoms with E-state index in [2.05, 4.69) is 25.6 Å². The number of alkyl halides is 3. The van der Waals surface area contributed by atoms with Crippen LogP contribution in [0.2, 0.25) is 0 Å². The molecule has 0 radical (unpaired) electrons. The van der Waals surface area contributed by atoms with Gasteiger partial charge < -0.3 is 21.1 Å². The molecule has 2 amide bonds. The summed E-state index contributed by atoms with van der Waals surface area (Å²) in [6, 6.07) is 11.3. The van der Waals surface area contributed by atoms with Gasteiger partial charge in [-0.15, -0.1) is 0 Å². The maximum Gasteiger partial charge on any atom is 0.416 e. The average Bonchev–Trinajstić information content (AvgIpc) is 2.82. The Labute approximate surface area is 195 Å².